The second kappa shape index (κ2) is 16.5. The van der Waals surface area contributed by atoms with E-state index in [1.54, 1.807) is 60.7 Å². The van der Waals surface area contributed by atoms with Crippen LogP contribution in [-0.4, -0.2) is 33.5 Å². The predicted octanol–water partition coefficient (Wildman–Crippen LogP) is 9.23. The van der Waals surface area contributed by atoms with Gasteiger partial charge in [0.25, 0.3) is 0 Å². The standard InChI is InChI=1S/C50H50O6S2Si2/c1-49(2,3)59(41-29-17-9-18-30-41,42-31-19-10-20-32-42)55-45-37-48(58(53,54)40-27-15-8-16-28-40)46(38-47(45)57(51,52)39-25-13-7-14-26-39)56-60(50(4,5)6,43-33-21-11-22-34-43)44-35-23-12-24-36-44/h7-38H,1-6H3. The third-order valence-corrected chi connectivity index (χ3v) is 24.5. The zero-order chi connectivity index (χ0) is 42.8. The van der Waals surface area contributed by atoms with Gasteiger partial charge >= 0.3 is 16.6 Å². The number of hydrogen-bond acceptors (Lipinski definition) is 6. The van der Waals surface area contributed by atoms with E-state index in [2.05, 4.69) is 41.5 Å². The van der Waals surface area contributed by atoms with Crippen molar-refractivity contribution >= 4 is 57.1 Å². The summed E-state index contributed by atoms with van der Waals surface area (Å²) >= 11 is 0. The summed E-state index contributed by atoms with van der Waals surface area (Å²) in [4.78, 5) is -0.317. The molecule has 306 valence electrons. The van der Waals surface area contributed by atoms with Gasteiger partial charge in [0.2, 0.25) is 19.7 Å². The number of sulfone groups is 2. The summed E-state index contributed by atoms with van der Waals surface area (Å²) in [6.45, 7) is 12.5. The molecule has 0 atom stereocenters. The molecule has 60 heavy (non-hydrogen) atoms. The Morgan fingerprint density at radius 2 is 0.567 bits per heavy atom. The van der Waals surface area contributed by atoms with E-state index in [0.29, 0.717) is 0 Å². The maximum Gasteiger partial charge on any atom is 0.320 e. The average Bonchev–Trinajstić information content (AvgIpc) is 3.25. The molecule has 7 aromatic rings. The summed E-state index contributed by atoms with van der Waals surface area (Å²) in [5, 5.41) is 2.40. The van der Waals surface area contributed by atoms with Crippen molar-refractivity contribution in [2.75, 3.05) is 0 Å². The van der Waals surface area contributed by atoms with Crippen molar-refractivity contribution in [3.05, 3.63) is 194 Å². The van der Waals surface area contributed by atoms with Crippen LogP contribution in [0, 0.1) is 0 Å². The van der Waals surface area contributed by atoms with E-state index < -0.39 is 46.4 Å². The van der Waals surface area contributed by atoms with Gasteiger partial charge in [-0.25, -0.2) is 16.8 Å². The van der Waals surface area contributed by atoms with Crippen LogP contribution in [0.2, 0.25) is 10.1 Å². The fourth-order valence-electron chi connectivity index (χ4n) is 8.18. The first-order chi connectivity index (χ1) is 28.5. The molecule has 0 radical (unpaired) electrons. The van der Waals surface area contributed by atoms with Gasteiger partial charge in [-0.05, 0) is 55.1 Å². The summed E-state index contributed by atoms with van der Waals surface area (Å²) in [6.07, 6.45) is 0. The lowest BCUT2D eigenvalue weighted by atomic mass is 10.2. The molecule has 0 fully saturated rings. The van der Waals surface area contributed by atoms with Gasteiger partial charge in [-0.2, -0.15) is 0 Å². The molecular formula is C50H50O6S2Si2. The molecule has 0 amide bonds. The summed E-state index contributed by atoms with van der Waals surface area (Å²) in [6, 6.07) is 58.6. The molecule has 0 aromatic heterocycles. The Morgan fingerprint density at radius 3 is 0.783 bits per heavy atom. The molecule has 0 aliphatic rings. The van der Waals surface area contributed by atoms with E-state index in [0.717, 1.165) is 20.7 Å². The van der Waals surface area contributed by atoms with Crippen LogP contribution in [0.5, 0.6) is 11.5 Å². The summed E-state index contributed by atoms with van der Waals surface area (Å²) in [5.41, 5.74) is 0. The van der Waals surface area contributed by atoms with Crippen molar-refractivity contribution in [2.24, 2.45) is 0 Å². The van der Waals surface area contributed by atoms with E-state index >= 15 is 16.8 Å². The second-order valence-corrected chi connectivity index (χ2v) is 29.2. The third kappa shape index (κ3) is 7.69. The largest absolute Gasteiger partial charge is 0.533 e. The molecule has 0 aliphatic carbocycles. The zero-order valence-electron chi connectivity index (χ0n) is 34.7. The van der Waals surface area contributed by atoms with Crippen LogP contribution in [0.1, 0.15) is 41.5 Å². The lowest BCUT2D eigenvalue weighted by Gasteiger charge is -2.44. The highest BCUT2D eigenvalue weighted by Gasteiger charge is 2.55. The minimum Gasteiger partial charge on any atom is -0.533 e. The van der Waals surface area contributed by atoms with Crippen molar-refractivity contribution < 1.29 is 25.7 Å². The molecule has 0 unspecified atom stereocenters. The Morgan fingerprint density at radius 1 is 0.350 bits per heavy atom. The Hall–Kier alpha value is -5.53. The van der Waals surface area contributed by atoms with Crippen molar-refractivity contribution in [3.8, 4) is 11.5 Å². The summed E-state index contributed by atoms with van der Waals surface area (Å²) in [7, 11) is -15.9. The fraction of sp³-hybridized carbons (Fsp3) is 0.160. The second-order valence-electron chi connectivity index (χ2n) is 16.9. The molecule has 0 bridgehead atoms. The minimum atomic E-state index is -4.38. The van der Waals surface area contributed by atoms with E-state index in [9.17, 15) is 0 Å². The van der Waals surface area contributed by atoms with Crippen LogP contribution in [0.4, 0.5) is 0 Å². The van der Waals surface area contributed by atoms with Crippen LogP contribution in [0.25, 0.3) is 0 Å². The van der Waals surface area contributed by atoms with Gasteiger partial charge in [0.05, 0.1) is 9.79 Å². The Kier molecular flexibility index (Phi) is 11.7. The third-order valence-electron chi connectivity index (χ3n) is 11.1. The molecule has 0 N–H and O–H groups in total. The molecule has 0 spiro atoms. The summed E-state index contributed by atoms with van der Waals surface area (Å²) < 4.78 is 76.2. The van der Waals surface area contributed by atoms with Gasteiger partial charge in [0.1, 0.15) is 21.3 Å². The monoisotopic (exact) mass is 866 g/mol. The van der Waals surface area contributed by atoms with Crippen molar-refractivity contribution in [3.63, 3.8) is 0 Å². The highest BCUT2D eigenvalue weighted by atomic mass is 32.2. The minimum absolute atomic E-state index is 0.0346. The van der Waals surface area contributed by atoms with Gasteiger partial charge in [0, 0.05) is 12.1 Å². The molecule has 0 saturated carbocycles. The lowest BCUT2D eigenvalue weighted by molar-refractivity contribution is 0.474. The SMILES string of the molecule is CC(C)(C)[Si](Oc1cc(S(=O)(=O)c2ccccc2)c(O[Si](c2ccccc2)(c2ccccc2)C(C)(C)C)cc1S(=O)(=O)c1ccccc1)(c1ccccc1)c1ccccc1. The van der Waals surface area contributed by atoms with E-state index in [-0.39, 0.29) is 31.1 Å². The van der Waals surface area contributed by atoms with E-state index in [1.807, 2.05) is 121 Å². The maximum atomic E-state index is 15.3. The summed E-state index contributed by atoms with van der Waals surface area (Å²) in [5.74, 6) is -0.144. The van der Waals surface area contributed by atoms with Crippen molar-refractivity contribution in [2.45, 2.75) is 71.2 Å². The average molecular weight is 867 g/mol. The molecular weight excluding hydrogens is 817 g/mol. The number of hydrogen-bond donors (Lipinski definition) is 0. The van der Waals surface area contributed by atoms with E-state index in [4.69, 9.17) is 8.85 Å². The number of rotatable bonds is 12. The van der Waals surface area contributed by atoms with Crippen LogP contribution < -0.4 is 29.6 Å². The molecule has 0 saturated heterocycles. The first-order valence-electron chi connectivity index (χ1n) is 19.9. The highest BCUT2D eigenvalue weighted by molar-refractivity contribution is 7.92. The number of benzene rings is 7. The van der Waals surface area contributed by atoms with Crippen LogP contribution >= 0.6 is 0 Å². The smallest absolute Gasteiger partial charge is 0.320 e. The molecule has 10 heteroatoms. The zero-order valence-corrected chi connectivity index (χ0v) is 38.4. The van der Waals surface area contributed by atoms with Gasteiger partial charge in [0.15, 0.2) is 0 Å². The van der Waals surface area contributed by atoms with Crippen molar-refractivity contribution in [1.82, 2.24) is 0 Å². The van der Waals surface area contributed by atoms with Crippen LogP contribution in [0.3, 0.4) is 0 Å². The quantitative estimate of drug-likeness (QED) is 0.114. The molecule has 7 rings (SSSR count). The molecule has 0 aliphatic heterocycles. The fourth-order valence-corrected chi connectivity index (χ4v) is 20.0. The highest BCUT2D eigenvalue weighted by Crippen LogP contribution is 2.46. The molecule has 7 aromatic carbocycles. The van der Waals surface area contributed by atoms with Gasteiger partial charge < -0.3 is 8.85 Å². The van der Waals surface area contributed by atoms with Crippen LogP contribution in [-0.2, 0) is 19.7 Å². The van der Waals surface area contributed by atoms with Gasteiger partial charge in [-0.1, -0.05) is 199 Å². The van der Waals surface area contributed by atoms with Gasteiger partial charge in [-0.3, -0.25) is 0 Å². The topological polar surface area (TPSA) is 86.7 Å². The van der Waals surface area contributed by atoms with Crippen molar-refractivity contribution in [1.29, 1.82) is 0 Å². The Labute approximate surface area is 357 Å². The molecule has 0 heterocycles. The maximum absolute atomic E-state index is 15.3. The lowest BCUT2D eigenvalue weighted by Crippen LogP contribution is -2.69. The first-order valence-corrected chi connectivity index (χ1v) is 26.7. The van der Waals surface area contributed by atoms with Crippen LogP contribution in [0.15, 0.2) is 214 Å². The predicted molar refractivity (Wildman–Crippen MR) is 247 cm³/mol. The molecule has 6 nitrogen and oxygen atoms in total. The Balaban J connectivity index is 1.64. The van der Waals surface area contributed by atoms with E-state index in [1.165, 1.54) is 12.1 Å². The normalized spacial score (nSPS) is 12.8. The first kappa shape index (κ1) is 42.6. The van der Waals surface area contributed by atoms with Gasteiger partial charge in [-0.15, -0.1) is 0 Å². The Bertz CT molecular complexity index is 2500.